The molecule has 0 unspecified atom stereocenters. The lowest BCUT2D eigenvalue weighted by Crippen LogP contribution is -2.22. The van der Waals surface area contributed by atoms with Gasteiger partial charge in [-0.2, -0.15) is 5.10 Å². The highest BCUT2D eigenvalue weighted by atomic mass is 32.2. The van der Waals surface area contributed by atoms with E-state index in [0.717, 1.165) is 6.54 Å². The van der Waals surface area contributed by atoms with Crippen molar-refractivity contribution >= 4 is 15.8 Å². The molecule has 17 heavy (non-hydrogen) atoms. The summed E-state index contributed by atoms with van der Waals surface area (Å²) in [4.78, 5) is 10.7. The van der Waals surface area contributed by atoms with E-state index in [1.165, 1.54) is 12.1 Å². The zero-order valence-corrected chi connectivity index (χ0v) is 10.4. The van der Waals surface area contributed by atoms with E-state index in [9.17, 15) is 13.2 Å². The number of H-pyrrole nitrogens is 1. The van der Waals surface area contributed by atoms with E-state index in [1.807, 2.05) is 6.92 Å². The van der Waals surface area contributed by atoms with Crippen LogP contribution >= 0.6 is 0 Å². The van der Waals surface area contributed by atoms with Crippen molar-refractivity contribution in [1.29, 1.82) is 0 Å². The first kappa shape index (κ1) is 13.7. The van der Waals surface area contributed by atoms with Crippen LogP contribution in [0.3, 0.4) is 0 Å². The molecule has 0 bridgehead atoms. The van der Waals surface area contributed by atoms with Crippen molar-refractivity contribution in [1.82, 2.24) is 15.5 Å². The molecule has 0 atom stereocenters. The Labute approximate surface area is 99.7 Å². The minimum atomic E-state index is -3.40. The molecular formula is C9H16N4O3S. The van der Waals surface area contributed by atoms with E-state index in [0.29, 0.717) is 13.0 Å². The van der Waals surface area contributed by atoms with Gasteiger partial charge in [-0.3, -0.25) is 9.52 Å². The van der Waals surface area contributed by atoms with Crippen molar-refractivity contribution < 1.29 is 8.42 Å². The van der Waals surface area contributed by atoms with Crippen molar-refractivity contribution in [3.63, 3.8) is 0 Å². The molecule has 0 fully saturated rings. The van der Waals surface area contributed by atoms with Crippen LogP contribution in [0, 0.1) is 0 Å². The van der Waals surface area contributed by atoms with Crippen LogP contribution in [-0.2, 0) is 10.0 Å². The molecule has 0 aromatic carbocycles. The van der Waals surface area contributed by atoms with Crippen molar-refractivity contribution in [2.45, 2.75) is 13.3 Å². The number of aromatic amines is 1. The van der Waals surface area contributed by atoms with E-state index >= 15 is 0 Å². The van der Waals surface area contributed by atoms with Gasteiger partial charge in [0.05, 0.1) is 5.75 Å². The van der Waals surface area contributed by atoms with E-state index < -0.39 is 10.0 Å². The molecule has 0 aliphatic carbocycles. The largest absolute Gasteiger partial charge is 0.317 e. The highest BCUT2D eigenvalue weighted by Crippen LogP contribution is 2.01. The predicted molar refractivity (Wildman–Crippen MR) is 65.4 cm³/mol. The summed E-state index contributed by atoms with van der Waals surface area (Å²) in [6.45, 7) is 3.42. The Morgan fingerprint density at radius 1 is 1.41 bits per heavy atom. The van der Waals surface area contributed by atoms with Crippen molar-refractivity contribution in [3.05, 3.63) is 22.5 Å². The second kappa shape index (κ2) is 6.36. The maximum Gasteiger partial charge on any atom is 0.264 e. The van der Waals surface area contributed by atoms with Gasteiger partial charge in [0.1, 0.15) is 0 Å². The summed E-state index contributed by atoms with van der Waals surface area (Å²) >= 11 is 0. The Kier molecular flexibility index (Phi) is 5.11. The Bertz CT molecular complexity index is 477. The number of hydrogen-bond acceptors (Lipinski definition) is 5. The van der Waals surface area contributed by atoms with E-state index in [-0.39, 0.29) is 17.1 Å². The number of sulfonamides is 1. The minimum absolute atomic E-state index is 0.0147. The summed E-state index contributed by atoms with van der Waals surface area (Å²) < 4.78 is 25.4. The fourth-order valence-electron chi connectivity index (χ4n) is 1.18. The van der Waals surface area contributed by atoms with Crippen LogP contribution in [0.5, 0.6) is 0 Å². The zero-order valence-electron chi connectivity index (χ0n) is 9.56. The third-order valence-electron chi connectivity index (χ3n) is 1.96. The highest BCUT2D eigenvalue weighted by molar-refractivity contribution is 7.92. The monoisotopic (exact) mass is 260 g/mol. The van der Waals surface area contributed by atoms with Crippen LogP contribution in [0.4, 0.5) is 5.82 Å². The van der Waals surface area contributed by atoms with Crippen LogP contribution < -0.4 is 15.6 Å². The van der Waals surface area contributed by atoms with Crippen LogP contribution in [-0.4, -0.2) is 37.5 Å². The minimum Gasteiger partial charge on any atom is -0.317 e. The number of aromatic nitrogens is 2. The Balaban J connectivity index is 2.49. The Morgan fingerprint density at radius 3 is 2.76 bits per heavy atom. The molecule has 0 saturated heterocycles. The molecule has 1 aromatic rings. The van der Waals surface area contributed by atoms with Gasteiger partial charge in [-0.05, 0) is 25.6 Å². The van der Waals surface area contributed by atoms with Gasteiger partial charge < -0.3 is 5.32 Å². The van der Waals surface area contributed by atoms with E-state index in [4.69, 9.17) is 0 Å². The quantitative estimate of drug-likeness (QED) is 0.574. The van der Waals surface area contributed by atoms with Gasteiger partial charge in [0, 0.05) is 6.07 Å². The number of hydrogen-bond donors (Lipinski definition) is 3. The fraction of sp³-hybridized carbons (Fsp3) is 0.556. The second-order valence-electron chi connectivity index (χ2n) is 3.43. The molecular weight excluding hydrogens is 244 g/mol. The second-order valence-corrected chi connectivity index (χ2v) is 5.28. The number of anilines is 1. The van der Waals surface area contributed by atoms with Crippen molar-refractivity contribution in [3.8, 4) is 0 Å². The zero-order chi connectivity index (χ0) is 12.7. The van der Waals surface area contributed by atoms with Crippen molar-refractivity contribution in [2.24, 2.45) is 0 Å². The lowest BCUT2D eigenvalue weighted by atomic mass is 10.5. The number of rotatable bonds is 7. The average Bonchev–Trinajstić information content (AvgIpc) is 2.27. The summed E-state index contributed by atoms with van der Waals surface area (Å²) in [5.74, 6) is 0.133. The maximum absolute atomic E-state index is 11.6. The average molecular weight is 260 g/mol. The summed E-state index contributed by atoms with van der Waals surface area (Å²) in [5, 5.41) is 8.76. The Hall–Kier alpha value is -1.41. The fourth-order valence-corrected chi connectivity index (χ4v) is 2.23. The van der Waals surface area contributed by atoms with Gasteiger partial charge in [0.25, 0.3) is 5.56 Å². The molecule has 1 aromatic heterocycles. The van der Waals surface area contributed by atoms with Crippen LogP contribution in [0.2, 0.25) is 0 Å². The molecule has 0 amide bonds. The third kappa shape index (κ3) is 5.45. The van der Waals surface area contributed by atoms with Crippen molar-refractivity contribution in [2.75, 3.05) is 23.6 Å². The molecule has 0 radical (unpaired) electrons. The Morgan fingerprint density at radius 2 is 2.18 bits per heavy atom. The van der Waals surface area contributed by atoms with Gasteiger partial charge in [-0.1, -0.05) is 6.92 Å². The summed E-state index contributed by atoms with van der Waals surface area (Å²) in [5.41, 5.74) is -0.375. The van der Waals surface area contributed by atoms with Gasteiger partial charge in [-0.15, -0.1) is 0 Å². The number of nitrogens with one attached hydrogen (secondary N) is 3. The lowest BCUT2D eigenvalue weighted by Gasteiger charge is -2.06. The molecule has 8 heteroatoms. The first-order valence-electron chi connectivity index (χ1n) is 5.30. The molecule has 0 aliphatic heterocycles. The molecule has 7 nitrogen and oxygen atoms in total. The first-order chi connectivity index (χ1) is 8.03. The summed E-state index contributed by atoms with van der Waals surface area (Å²) in [6, 6.07) is 2.53. The van der Waals surface area contributed by atoms with Gasteiger partial charge >= 0.3 is 0 Å². The standard InChI is InChI=1S/C9H16N4O3S/c1-2-10-6-3-7-17(15,16)13-8-4-5-9(14)12-11-8/h4-5,10H,2-3,6-7H2,1H3,(H,11,13)(H,12,14). The maximum atomic E-state index is 11.6. The van der Waals surface area contributed by atoms with Crippen LogP contribution in [0.1, 0.15) is 13.3 Å². The summed E-state index contributed by atoms with van der Waals surface area (Å²) in [7, 11) is -3.40. The first-order valence-corrected chi connectivity index (χ1v) is 6.95. The smallest absolute Gasteiger partial charge is 0.264 e. The topological polar surface area (TPSA) is 104 Å². The highest BCUT2D eigenvalue weighted by Gasteiger charge is 2.10. The van der Waals surface area contributed by atoms with Gasteiger partial charge in [0.15, 0.2) is 5.82 Å². The lowest BCUT2D eigenvalue weighted by molar-refractivity contribution is 0.595. The van der Waals surface area contributed by atoms with E-state index in [2.05, 4.69) is 20.2 Å². The van der Waals surface area contributed by atoms with E-state index in [1.54, 1.807) is 0 Å². The molecule has 0 spiro atoms. The van der Waals surface area contributed by atoms with Gasteiger partial charge in [-0.25, -0.2) is 13.5 Å². The van der Waals surface area contributed by atoms with Crippen LogP contribution in [0.15, 0.2) is 16.9 Å². The normalized spacial score (nSPS) is 11.4. The van der Waals surface area contributed by atoms with Gasteiger partial charge in [0.2, 0.25) is 10.0 Å². The molecule has 1 heterocycles. The molecule has 96 valence electrons. The molecule has 0 saturated carbocycles. The molecule has 0 aliphatic rings. The number of nitrogens with zero attached hydrogens (tertiary/aromatic N) is 1. The summed E-state index contributed by atoms with van der Waals surface area (Å²) in [6.07, 6.45) is 0.520. The SMILES string of the molecule is CCNCCCS(=O)(=O)Nc1ccc(=O)[nH]n1. The third-order valence-corrected chi connectivity index (χ3v) is 3.30. The van der Waals surface area contributed by atoms with Crippen LogP contribution in [0.25, 0.3) is 0 Å². The molecule has 1 rings (SSSR count). The predicted octanol–water partition coefficient (Wildman–Crippen LogP) is -0.489. The molecule has 3 N–H and O–H groups in total.